The van der Waals surface area contributed by atoms with Crippen molar-refractivity contribution in [1.29, 1.82) is 0 Å². The zero-order valence-electron chi connectivity index (χ0n) is 11.3. The molecule has 3 nitrogen and oxygen atoms in total. The summed E-state index contributed by atoms with van der Waals surface area (Å²) in [5, 5.41) is 0. The molecule has 102 valence electrons. The fourth-order valence-corrected chi connectivity index (χ4v) is 1.86. The van der Waals surface area contributed by atoms with E-state index in [-0.39, 0.29) is 24.2 Å². The van der Waals surface area contributed by atoms with E-state index >= 15 is 0 Å². The Kier molecular flexibility index (Phi) is 7.64. The predicted octanol–water partition coefficient (Wildman–Crippen LogP) is 2.27. The van der Waals surface area contributed by atoms with E-state index in [0.717, 1.165) is 6.54 Å². The molecule has 0 bridgehead atoms. The van der Waals surface area contributed by atoms with Gasteiger partial charge in [-0.3, -0.25) is 4.79 Å². The number of nitrogens with zero attached hydrogens (tertiary/aromatic N) is 1. The molecule has 0 saturated heterocycles. The number of halogens is 1. The molecule has 1 rings (SSSR count). The van der Waals surface area contributed by atoms with Crippen molar-refractivity contribution in [2.75, 3.05) is 20.1 Å². The predicted molar refractivity (Wildman–Crippen MR) is 78.0 cm³/mol. The van der Waals surface area contributed by atoms with Crippen LogP contribution in [0.3, 0.4) is 0 Å². The molecule has 0 fully saturated rings. The first kappa shape index (κ1) is 16.9. The maximum atomic E-state index is 11.9. The minimum absolute atomic E-state index is 0. The summed E-state index contributed by atoms with van der Waals surface area (Å²) in [4.78, 5) is 13.7. The lowest BCUT2D eigenvalue weighted by Gasteiger charge is -2.24. The monoisotopic (exact) mass is 270 g/mol. The van der Waals surface area contributed by atoms with Crippen molar-refractivity contribution in [1.82, 2.24) is 4.90 Å². The number of hydrogen-bond donors (Lipinski definition) is 1. The van der Waals surface area contributed by atoms with Gasteiger partial charge in [0.05, 0.1) is 0 Å². The summed E-state index contributed by atoms with van der Waals surface area (Å²) in [6.07, 6.45) is 0. The Morgan fingerprint density at radius 1 is 1.28 bits per heavy atom. The van der Waals surface area contributed by atoms with Crippen molar-refractivity contribution < 1.29 is 4.79 Å². The highest BCUT2D eigenvalue weighted by Crippen LogP contribution is 2.16. The first-order chi connectivity index (χ1) is 8.06. The summed E-state index contributed by atoms with van der Waals surface area (Å²) in [6.45, 7) is 5.13. The van der Waals surface area contributed by atoms with Crippen LogP contribution in [0, 0.1) is 5.92 Å². The molecule has 0 heterocycles. The Balaban J connectivity index is 0.00000289. The van der Waals surface area contributed by atoms with Crippen molar-refractivity contribution in [3.63, 3.8) is 0 Å². The topological polar surface area (TPSA) is 46.3 Å². The summed E-state index contributed by atoms with van der Waals surface area (Å²) in [5.74, 6) is 0.369. The lowest BCUT2D eigenvalue weighted by molar-refractivity contribution is -0.133. The third kappa shape index (κ3) is 4.67. The number of benzene rings is 1. The van der Waals surface area contributed by atoms with Crippen LogP contribution in [0.4, 0.5) is 0 Å². The Labute approximate surface area is 116 Å². The Hall–Kier alpha value is -1.06. The number of carbonyl (C=O) groups excluding carboxylic acids is 1. The van der Waals surface area contributed by atoms with E-state index in [9.17, 15) is 4.79 Å². The molecule has 0 aliphatic heterocycles. The van der Waals surface area contributed by atoms with E-state index < -0.39 is 0 Å². The third-order valence-electron chi connectivity index (χ3n) is 3.07. The number of carbonyl (C=O) groups is 1. The van der Waals surface area contributed by atoms with Gasteiger partial charge in [-0.1, -0.05) is 44.2 Å². The highest BCUT2D eigenvalue weighted by atomic mass is 35.5. The van der Waals surface area contributed by atoms with Crippen LogP contribution in [0.5, 0.6) is 0 Å². The smallest absolute Gasteiger partial charge is 0.226 e. The van der Waals surface area contributed by atoms with Crippen molar-refractivity contribution >= 4 is 18.3 Å². The number of amides is 1. The average Bonchev–Trinajstić information content (AvgIpc) is 2.37. The molecule has 1 amide bonds. The van der Waals surface area contributed by atoms with Gasteiger partial charge in [0.15, 0.2) is 0 Å². The fraction of sp³-hybridized carbons (Fsp3) is 0.500. The maximum absolute atomic E-state index is 11.9. The minimum Gasteiger partial charge on any atom is -0.345 e. The van der Waals surface area contributed by atoms with Crippen molar-refractivity contribution in [3.8, 4) is 0 Å². The van der Waals surface area contributed by atoms with Gasteiger partial charge >= 0.3 is 0 Å². The van der Waals surface area contributed by atoms with Crippen LogP contribution in [-0.4, -0.2) is 30.9 Å². The normalized spacial score (nSPS) is 13.3. The second kappa shape index (κ2) is 8.11. The Bertz CT molecular complexity index is 356. The molecule has 1 aromatic rings. The average molecular weight is 271 g/mol. The summed E-state index contributed by atoms with van der Waals surface area (Å²) >= 11 is 0. The van der Waals surface area contributed by atoms with Gasteiger partial charge in [-0.05, 0) is 11.5 Å². The van der Waals surface area contributed by atoms with Gasteiger partial charge in [-0.15, -0.1) is 12.4 Å². The molecule has 0 aliphatic carbocycles. The molecule has 0 saturated carbocycles. The van der Waals surface area contributed by atoms with Gasteiger partial charge in [-0.25, -0.2) is 0 Å². The second-order valence-electron chi connectivity index (χ2n) is 4.67. The minimum atomic E-state index is -0.0945. The molecule has 2 N–H and O–H groups in total. The summed E-state index contributed by atoms with van der Waals surface area (Å²) in [5.41, 5.74) is 6.76. The van der Waals surface area contributed by atoms with Crippen molar-refractivity contribution in [2.24, 2.45) is 11.7 Å². The van der Waals surface area contributed by atoms with Crippen LogP contribution in [0.25, 0.3) is 0 Å². The highest BCUT2D eigenvalue weighted by Gasteiger charge is 2.18. The van der Waals surface area contributed by atoms with Gasteiger partial charge in [-0.2, -0.15) is 0 Å². The standard InChI is InChI=1S/C14H22N2O.ClH/c1-11(9-15)14(17)16(3)10-12(2)13-7-5-4-6-8-13;/h4-8,11-12H,9-10,15H2,1-3H3;1H. The summed E-state index contributed by atoms with van der Waals surface area (Å²) in [7, 11) is 1.84. The first-order valence-corrected chi connectivity index (χ1v) is 6.06. The van der Waals surface area contributed by atoms with E-state index in [1.54, 1.807) is 4.90 Å². The molecule has 2 unspecified atom stereocenters. The van der Waals surface area contributed by atoms with E-state index in [1.165, 1.54) is 5.56 Å². The molecule has 4 heteroatoms. The van der Waals surface area contributed by atoms with E-state index in [0.29, 0.717) is 12.5 Å². The third-order valence-corrected chi connectivity index (χ3v) is 3.07. The van der Waals surface area contributed by atoms with Crippen LogP contribution in [0.2, 0.25) is 0 Å². The van der Waals surface area contributed by atoms with Crippen LogP contribution < -0.4 is 5.73 Å². The molecule has 18 heavy (non-hydrogen) atoms. The summed E-state index contributed by atoms with van der Waals surface area (Å²) < 4.78 is 0. The zero-order chi connectivity index (χ0) is 12.8. The Morgan fingerprint density at radius 3 is 2.33 bits per heavy atom. The molecule has 0 spiro atoms. The lowest BCUT2D eigenvalue weighted by atomic mass is 10.0. The van der Waals surface area contributed by atoms with Gasteiger partial charge in [0.1, 0.15) is 0 Å². The molecule has 1 aromatic carbocycles. The second-order valence-corrected chi connectivity index (χ2v) is 4.67. The molecule has 0 radical (unpaired) electrons. The SMILES string of the molecule is CC(CN)C(=O)N(C)CC(C)c1ccccc1.Cl. The fourth-order valence-electron chi connectivity index (χ4n) is 1.86. The molecular formula is C14H23ClN2O. The van der Waals surface area contributed by atoms with Gasteiger partial charge < -0.3 is 10.6 Å². The van der Waals surface area contributed by atoms with E-state index in [2.05, 4.69) is 19.1 Å². The largest absolute Gasteiger partial charge is 0.345 e. The van der Waals surface area contributed by atoms with Gasteiger partial charge in [0, 0.05) is 26.1 Å². The van der Waals surface area contributed by atoms with Crippen molar-refractivity contribution in [2.45, 2.75) is 19.8 Å². The highest BCUT2D eigenvalue weighted by molar-refractivity contribution is 5.85. The number of rotatable bonds is 5. The quantitative estimate of drug-likeness (QED) is 0.892. The maximum Gasteiger partial charge on any atom is 0.226 e. The van der Waals surface area contributed by atoms with Crippen LogP contribution >= 0.6 is 12.4 Å². The Morgan fingerprint density at radius 2 is 1.83 bits per heavy atom. The number of likely N-dealkylation sites (N-methyl/N-ethyl adjacent to an activating group) is 1. The molecule has 0 aromatic heterocycles. The van der Waals surface area contributed by atoms with E-state index in [1.807, 2.05) is 32.2 Å². The lowest BCUT2D eigenvalue weighted by Crippen LogP contribution is -2.37. The zero-order valence-corrected chi connectivity index (χ0v) is 12.1. The van der Waals surface area contributed by atoms with Gasteiger partial charge in [0.25, 0.3) is 0 Å². The molecule has 0 aliphatic rings. The van der Waals surface area contributed by atoms with Gasteiger partial charge in [0.2, 0.25) is 5.91 Å². The molecular weight excluding hydrogens is 248 g/mol. The molecule has 2 atom stereocenters. The number of nitrogens with two attached hydrogens (primary N) is 1. The van der Waals surface area contributed by atoms with Crippen LogP contribution in [-0.2, 0) is 4.79 Å². The number of hydrogen-bond acceptors (Lipinski definition) is 2. The van der Waals surface area contributed by atoms with Crippen LogP contribution in [0.1, 0.15) is 25.3 Å². The van der Waals surface area contributed by atoms with Crippen molar-refractivity contribution in [3.05, 3.63) is 35.9 Å². The first-order valence-electron chi connectivity index (χ1n) is 6.06. The summed E-state index contributed by atoms with van der Waals surface area (Å²) in [6, 6.07) is 10.2. The van der Waals surface area contributed by atoms with E-state index in [4.69, 9.17) is 5.73 Å². The van der Waals surface area contributed by atoms with Crippen LogP contribution in [0.15, 0.2) is 30.3 Å².